The van der Waals surface area contributed by atoms with Crippen LogP contribution in [0.2, 0.25) is 0 Å². The second-order valence-corrected chi connectivity index (χ2v) is 8.58. The summed E-state index contributed by atoms with van der Waals surface area (Å²) in [7, 11) is -1.92. The van der Waals surface area contributed by atoms with E-state index in [1.54, 1.807) is 24.1 Å². The Bertz CT molecular complexity index is 892. The maximum atomic E-state index is 12.8. The number of hydrogen-bond acceptors (Lipinski definition) is 3. The molecular formula is C20H24N2O3S. The molecule has 1 heterocycles. The van der Waals surface area contributed by atoms with Crippen molar-refractivity contribution in [3.63, 3.8) is 0 Å². The maximum absolute atomic E-state index is 12.8. The lowest BCUT2D eigenvalue weighted by molar-refractivity contribution is 0.0989. The van der Waals surface area contributed by atoms with Crippen molar-refractivity contribution in [3.8, 4) is 0 Å². The number of rotatable bonds is 6. The lowest BCUT2D eigenvalue weighted by atomic mass is 10.1. The average molecular weight is 372 g/mol. The molecule has 0 N–H and O–H groups in total. The lowest BCUT2D eigenvalue weighted by Crippen LogP contribution is -2.29. The number of nitrogens with zero attached hydrogens (tertiary/aromatic N) is 2. The molecule has 1 aliphatic rings. The Kier molecular flexibility index (Phi) is 5.44. The van der Waals surface area contributed by atoms with Crippen molar-refractivity contribution in [1.82, 2.24) is 4.31 Å². The van der Waals surface area contributed by atoms with Crippen LogP contribution >= 0.6 is 0 Å². The number of carbonyl (C=O) groups is 1. The van der Waals surface area contributed by atoms with Gasteiger partial charge in [0.1, 0.15) is 0 Å². The van der Waals surface area contributed by atoms with Crippen molar-refractivity contribution in [1.29, 1.82) is 0 Å². The smallest absolute Gasteiger partial charge is 0.258 e. The summed E-state index contributed by atoms with van der Waals surface area (Å²) < 4.78 is 26.5. The third kappa shape index (κ3) is 3.52. The van der Waals surface area contributed by atoms with Gasteiger partial charge in [0.15, 0.2) is 0 Å². The van der Waals surface area contributed by atoms with Crippen LogP contribution in [0.15, 0.2) is 53.4 Å². The highest BCUT2D eigenvalue weighted by Crippen LogP contribution is 2.29. The van der Waals surface area contributed by atoms with Gasteiger partial charge in [0.25, 0.3) is 5.91 Å². The van der Waals surface area contributed by atoms with E-state index in [9.17, 15) is 13.2 Å². The van der Waals surface area contributed by atoms with Crippen molar-refractivity contribution in [3.05, 3.63) is 59.7 Å². The monoisotopic (exact) mass is 372 g/mol. The van der Waals surface area contributed by atoms with Crippen LogP contribution in [0.1, 0.15) is 35.7 Å². The molecule has 3 rings (SSSR count). The first-order valence-corrected chi connectivity index (χ1v) is 10.4. The number of amides is 1. The molecule has 26 heavy (non-hydrogen) atoms. The Morgan fingerprint density at radius 1 is 1.12 bits per heavy atom. The van der Waals surface area contributed by atoms with Crippen LogP contribution < -0.4 is 4.90 Å². The van der Waals surface area contributed by atoms with Crippen LogP contribution in [-0.4, -0.2) is 38.8 Å². The second kappa shape index (κ2) is 7.60. The summed E-state index contributed by atoms with van der Waals surface area (Å²) in [6, 6.07) is 14.1. The molecular weight excluding hydrogens is 348 g/mol. The van der Waals surface area contributed by atoms with E-state index in [1.807, 2.05) is 31.2 Å². The molecule has 0 saturated carbocycles. The van der Waals surface area contributed by atoms with E-state index >= 15 is 0 Å². The quantitative estimate of drug-likeness (QED) is 0.782. The van der Waals surface area contributed by atoms with E-state index < -0.39 is 10.0 Å². The number of sulfonamides is 1. The third-order valence-corrected chi connectivity index (χ3v) is 6.64. The van der Waals surface area contributed by atoms with Crippen LogP contribution in [-0.2, 0) is 16.4 Å². The fourth-order valence-electron chi connectivity index (χ4n) is 3.16. The van der Waals surface area contributed by atoms with Gasteiger partial charge in [-0.1, -0.05) is 31.5 Å². The second-order valence-electron chi connectivity index (χ2n) is 6.54. The zero-order valence-corrected chi connectivity index (χ0v) is 16.0. The highest BCUT2D eigenvalue weighted by atomic mass is 32.2. The number of hydrogen-bond donors (Lipinski definition) is 0. The zero-order valence-electron chi connectivity index (χ0n) is 15.2. The van der Waals surface area contributed by atoms with Gasteiger partial charge in [0, 0.05) is 31.4 Å². The lowest BCUT2D eigenvalue weighted by Gasteiger charge is -2.19. The van der Waals surface area contributed by atoms with Crippen LogP contribution in [0, 0.1) is 0 Å². The van der Waals surface area contributed by atoms with Gasteiger partial charge in [-0.3, -0.25) is 4.79 Å². The molecule has 2 aromatic rings. The Morgan fingerprint density at radius 3 is 2.50 bits per heavy atom. The minimum absolute atomic E-state index is 0.0989. The van der Waals surface area contributed by atoms with Crippen molar-refractivity contribution < 1.29 is 13.2 Å². The predicted octanol–water partition coefficient (Wildman–Crippen LogP) is 3.31. The van der Waals surface area contributed by atoms with E-state index in [0.717, 1.165) is 30.5 Å². The molecule has 0 fully saturated rings. The summed E-state index contributed by atoms with van der Waals surface area (Å²) in [5, 5.41) is 0. The van der Waals surface area contributed by atoms with Gasteiger partial charge >= 0.3 is 0 Å². The van der Waals surface area contributed by atoms with Crippen molar-refractivity contribution in [2.75, 3.05) is 25.0 Å². The molecule has 6 heteroatoms. The summed E-state index contributed by atoms with van der Waals surface area (Å²) >= 11 is 0. The summed E-state index contributed by atoms with van der Waals surface area (Å²) in [5.74, 6) is -0.0989. The predicted molar refractivity (Wildman–Crippen MR) is 103 cm³/mol. The summed E-state index contributed by atoms with van der Waals surface area (Å²) in [4.78, 5) is 14.8. The molecule has 0 aliphatic carbocycles. The van der Waals surface area contributed by atoms with Crippen LogP contribution in [0.5, 0.6) is 0 Å². The Labute approximate surface area is 155 Å². The fraction of sp³-hybridized carbons (Fsp3) is 0.350. The van der Waals surface area contributed by atoms with Gasteiger partial charge in [-0.2, -0.15) is 0 Å². The molecule has 138 valence electrons. The van der Waals surface area contributed by atoms with E-state index in [-0.39, 0.29) is 10.8 Å². The highest BCUT2D eigenvalue weighted by Gasteiger charge is 2.26. The van der Waals surface area contributed by atoms with E-state index in [4.69, 9.17) is 0 Å². The summed E-state index contributed by atoms with van der Waals surface area (Å²) in [5.41, 5.74) is 2.60. The highest BCUT2D eigenvalue weighted by molar-refractivity contribution is 7.89. The minimum atomic E-state index is -3.51. The number of para-hydroxylation sites is 1. The Hall–Kier alpha value is -2.18. The third-order valence-electron chi connectivity index (χ3n) is 4.77. The van der Waals surface area contributed by atoms with Crippen molar-refractivity contribution in [2.24, 2.45) is 0 Å². The molecule has 0 saturated heterocycles. The minimum Gasteiger partial charge on any atom is -0.308 e. The number of anilines is 1. The van der Waals surface area contributed by atoms with Gasteiger partial charge in [-0.25, -0.2) is 12.7 Å². The summed E-state index contributed by atoms with van der Waals surface area (Å²) in [6.07, 6.45) is 2.60. The molecule has 0 atom stereocenters. The first kappa shape index (κ1) is 18.6. The zero-order chi connectivity index (χ0) is 18.7. The van der Waals surface area contributed by atoms with E-state index in [1.165, 1.54) is 16.4 Å². The van der Waals surface area contributed by atoms with Gasteiger partial charge in [0.2, 0.25) is 10.0 Å². The van der Waals surface area contributed by atoms with Crippen molar-refractivity contribution in [2.45, 2.75) is 31.1 Å². The van der Waals surface area contributed by atoms with Crippen LogP contribution in [0.4, 0.5) is 5.69 Å². The molecule has 5 nitrogen and oxygen atoms in total. The molecule has 0 spiro atoms. The molecule has 0 bridgehead atoms. The molecule has 0 radical (unpaired) electrons. The number of benzene rings is 2. The first-order valence-electron chi connectivity index (χ1n) is 8.91. The Balaban J connectivity index is 1.79. The molecule has 0 unspecified atom stereocenters. The maximum Gasteiger partial charge on any atom is 0.258 e. The molecule has 0 aromatic heterocycles. The topological polar surface area (TPSA) is 57.7 Å². The van der Waals surface area contributed by atoms with Crippen molar-refractivity contribution >= 4 is 21.6 Å². The number of fused-ring (bicyclic) bond motifs is 1. The molecule has 1 aliphatic heterocycles. The first-order chi connectivity index (χ1) is 12.4. The van der Waals surface area contributed by atoms with E-state index in [2.05, 4.69) is 0 Å². The number of carbonyl (C=O) groups excluding carboxylic acids is 1. The van der Waals surface area contributed by atoms with Gasteiger partial charge in [-0.15, -0.1) is 0 Å². The number of unbranched alkanes of at least 4 members (excludes halogenated alkanes) is 1. The molecule has 1 amide bonds. The Morgan fingerprint density at radius 2 is 1.81 bits per heavy atom. The molecule has 2 aromatic carbocycles. The summed E-state index contributed by atoms with van der Waals surface area (Å²) in [6.45, 7) is 3.17. The largest absolute Gasteiger partial charge is 0.308 e. The normalized spacial score (nSPS) is 13.9. The van der Waals surface area contributed by atoms with Gasteiger partial charge in [0.05, 0.1) is 4.90 Å². The van der Waals surface area contributed by atoms with E-state index in [0.29, 0.717) is 18.7 Å². The SMILES string of the molecule is CCCCN(C)S(=O)(=O)c1ccc(C(=O)N2CCc3ccccc32)cc1. The fourth-order valence-corrected chi connectivity index (χ4v) is 4.36. The average Bonchev–Trinajstić information content (AvgIpc) is 3.09. The standard InChI is InChI=1S/C20H24N2O3S/c1-3-4-14-21(2)26(24,25)18-11-9-17(10-12-18)20(23)22-15-13-16-7-5-6-8-19(16)22/h5-12H,3-4,13-15H2,1-2H3. The van der Waals surface area contributed by atoms with Gasteiger partial charge < -0.3 is 4.90 Å². The van der Waals surface area contributed by atoms with Crippen LogP contribution in [0.3, 0.4) is 0 Å². The van der Waals surface area contributed by atoms with Gasteiger partial charge in [-0.05, 0) is 48.7 Å². The van der Waals surface area contributed by atoms with Crippen LogP contribution in [0.25, 0.3) is 0 Å².